The first-order valence-electron chi connectivity index (χ1n) is 6.94. The standard InChI is InChI=1S/C15H23FN2O/c1-18(2)10-12-8-13(16)7-11(15(12)19)9-14-5-3-4-6-17-14/h7-8,14,17,19H,3-6,9-10H2,1-2H3. The van der Waals surface area contributed by atoms with Gasteiger partial charge in [0.05, 0.1) is 0 Å². The van der Waals surface area contributed by atoms with E-state index in [0.29, 0.717) is 24.6 Å². The average molecular weight is 266 g/mol. The molecule has 1 unspecified atom stereocenters. The van der Waals surface area contributed by atoms with Crippen LogP contribution in [0.15, 0.2) is 12.1 Å². The van der Waals surface area contributed by atoms with Gasteiger partial charge in [-0.05, 0) is 57.6 Å². The highest BCUT2D eigenvalue weighted by atomic mass is 19.1. The molecule has 19 heavy (non-hydrogen) atoms. The molecule has 3 nitrogen and oxygen atoms in total. The fourth-order valence-electron chi connectivity index (χ4n) is 2.70. The second-order valence-corrected chi connectivity index (χ2v) is 5.66. The molecule has 1 aromatic carbocycles. The molecule has 0 spiro atoms. The van der Waals surface area contributed by atoms with E-state index < -0.39 is 0 Å². The number of halogens is 1. The molecule has 0 bridgehead atoms. The van der Waals surface area contributed by atoms with Crippen molar-refractivity contribution in [2.45, 2.75) is 38.3 Å². The maximum Gasteiger partial charge on any atom is 0.124 e. The average Bonchev–Trinajstić information content (AvgIpc) is 2.35. The number of piperidine rings is 1. The summed E-state index contributed by atoms with van der Waals surface area (Å²) in [5.41, 5.74) is 1.38. The Labute approximate surface area is 114 Å². The molecule has 1 fully saturated rings. The first kappa shape index (κ1) is 14.3. The topological polar surface area (TPSA) is 35.5 Å². The van der Waals surface area contributed by atoms with Crippen molar-refractivity contribution in [1.82, 2.24) is 10.2 Å². The molecule has 2 rings (SSSR count). The Hall–Kier alpha value is -1.13. The van der Waals surface area contributed by atoms with Crippen molar-refractivity contribution < 1.29 is 9.50 Å². The fraction of sp³-hybridized carbons (Fsp3) is 0.600. The van der Waals surface area contributed by atoms with Gasteiger partial charge in [0, 0.05) is 18.2 Å². The molecule has 106 valence electrons. The summed E-state index contributed by atoms with van der Waals surface area (Å²) in [6.07, 6.45) is 4.21. The van der Waals surface area contributed by atoms with Crippen LogP contribution in [0, 0.1) is 5.82 Å². The molecule has 0 amide bonds. The van der Waals surface area contributed by atoms with Gasteiger partial charge in [-0.3, -0.25) is 0 Å². The molecule has 1 aliphatic heterocycles. The maximum atomic E-state index is 13.7. The van der Waals surface area contributed by atoms with Crippen molar-refractivity contribution in [3.8, 4) is 5.75 Å². The van der Waals surface area contributed by atoms with Gasteiger partial charge in [-0.15, -0.1) is 0 Å². The van der Waals surface area contributed by atoms with Crippen LogP contribution in [0.25, 0.3) is 0 Å². The molecule has 1 atom stereocenters. The Kier molecular flexibility index (Phi) is 4.77. The second-order valence-electron chi connectivity index (χ2n) is 5.66. The van der Waals surface area contributed by atoms with Crippen molar-refractivity contribution >= 4 is 0 Å². The molecule has 0 saturated carbocycles. The number of hydrogen-bond donors (Lipinski definition) is 2. The number of nitrogens with one attached hydrogen (secondary N) is 1. The van der Waals surface area contributed by atoms with E-state index in [-0.39, 0.29) is 11.6 Å². The smallest absolute Gasteiger partial charge is 0.124 e. The number of benzene rings is 1. The predicted octanol–water partition coefficient (Wildman–Crippen LogP) is 2.28. The van der Waals surface area contributed by atoms with Crippen LogP contribution in [0.3, 0.4) is 0 Å². The summed E-state index contributed by atoms with van der Waals surface area (Å²) in [5.74, 6) is -0.0112. The Bertz CT molecular complexity index is 428. The molecule has 0 radical (unpaired) electrons. The minimum atomic E-state index is -0.263. The minimum Gasteiger partial charge on any atom is -0.507 e. The lowest BCUT2D eigenvalue weighted by Crippen LogP contribution is -2.35. The SMILES string of the molecule is CN(C)Cc1cc(F)cc(CC2CCCCN2)c1O. The lowest BCUT2D eigenvalue weighted by atomic mass is 9.95. The first-order valence-corrected chi connectivity index (χ1v) is 6.94. The van der Waals surface area contributed by atoms with Gasteiger partial charge in [0.15, 0.2) is 0 Å². The quantitative estimate of drug-likeness (QED) is 0.877. The summed E-state index contributed by atoms with van der Waals surface area (Å²) in [4.78, 5) is 1.93. The molecule has 2 N–H and O–H groups in total. The summed E-state index contributed by atoms with van der Waals surface area (Å²) in [5, 5.41) is 13.7. The molecule has 0 aromatic heterocycles. The van der Waals surface area contributed by atoms with E-state index in [2.05, 4.69) is 5.32 Å². The van der Waals surface area contributed by atoms with Gasteiger partial charge < -0.3 is 15.3 Å². The van der Waals surface area contributed by atoms with E-state index in [0.717, 1.165) is 18.5 Å². The predicted molar refractivity (Wildman–Crippen MR) is 74.8 cm³/mol. The van der Waals surface area contributed by atoms with Crippen LogP contribution in [0.1, 0.15) is 30.4 Å². The number of phenolic OH excluding ortho intramolecular Hbond substituents is 1. The zero-order chi connectivity index (χ0) is 13.8. The Morgan fingerprint density at radius 1 is 1.32 bits per heavy atom. The van der Waals surface area contributed by atoms with Gasteiger partial charge in [-0.1, -0.05) is 6.42 Å². The lowest BCUT2D eigenvalue weighted by Gasteiger charge is -2.24. The Balaban J connectivity index is 2.16. The van der Waals surface area contributed by atoms with Crippen molar-refractivity contribution in [2.24, 2.45) is 0 Å². The second kappa shape index (κ2) is 6.35. The third-order valence-corrected chi connectivity index (χ3v) is 3.60. The Morgan fingerprint density at radius 3 is 2.68 bits per heavy atom. The van der Waals surface area contributed by atoms with E-state index >= 15 is 0 Å². The highest BCUT2D eigenvalue weighted by Gasteiger charge is 2.17. The fourth-order valence-corrected chi connectivity index (χ4v) is 2.70. The molecule has 4 heteroatoms. The van der Waals surface area contributed by atoms with Crippen LogP contribution < -0.4 is 5.32 Å². The zero-order valence-corrected chi connectivity index (χ0v) is 11.7. The van der Waals surface area contributed by atoms with E-state index in [1.807, 2.05) is 19.0 Å². The van der Waals surface area contributed by atoms with Gasteiger partial charge in [-0.2, -0.15) is 0 Å². The van der Waals surface area contributed by atoms with Crippen molar-refractivity contribution in [1.29, 1.82) is 0 Å². The number of hydrogen-bond acceptors (Lipinski definition) is 3. The normalized spacial score (nSPS) is 19.9. The summed E-state index contributed by atoms with van der Waals surface area (Å²) < 4.78 is 13.7. The van der Waals surface area contributed by atoms with Crippen LogP contribution in [0.4, 0.5) is 4.39 Å². The van der Waals surface area contributed by atoms with Gasteiger partial charge >= 0.3 is 0 Å². The maximum absolute atomic E-state index is 13.7. The third-order valence-electron chi connectivity index (χ3n) is 3.60. The van der Waals surface area contributed by atoms with Crippen LogP contribution in [0.5, 0.6) is 5.75 Å². The molecular weight excluding hydrogens is 243 g/mol. The van der Waals surface area contributed by atoms with Crippen LogP contribution in [-0.4, -0.2) is 36.7 Å². The van der Waals surface area contributed by atoms with E-state index in [1.54, 1.807) is 0 Å². The van der Waals surface area contributed by atoms with Gasteiger partial charge in [-0.25, -0.2) is 4.39 Å². The monoisotopic (exact) mass is 266 g/mol. The molecule has 0 aliphatic carbocycles. The van der Waals surface area contributed by atoms with E-state index in [1.165, 1.54) is 25.0 Å². The zero-order valence-electron chi connectivity index (χ0n) is 11.7. The summed E-state index contributed by atoms with van der Waals surface area (Å²) in [7, 11) is 3.82. The summed E-state index contributed by atoms with van der Waals surface area (Å²) in [6.45, 7) is 1.57. The van der Waals surface area contributed by atoms with Gasteiger partial charge in [0.2, 0.25) is 0 Å². The highest BCUT2D eigenvalue weighted by Crippen LogP contribution is 2.27. The highest BCUT2D eigenvalue weighted by molar-refractivity contribution is 5.41. The number of phenols is 1. The minimum absolute atomic E-state index is 0.252. The third kappa shape index (κ3) is 3.91. The summed E-state index contributed by atoms with van der Waals surface area (Å²) >= 11 is 0. The van der Waals surface area contributed by atoms with Crippen LogP contribution in [0.2, 0.25) is 0 Å². The van der Waals surface area contributed by atoms with Crippen molar-refractivity contribution in [3.63, 3.8) is 0 Å². The van der Waals surface area contributed by atoms with E-state index in [9.17, 15) is 9.50 Å². The molecule has 1 heterocycles. The molecule has 1 aromatic rings. The number of aromatic hydroxyl groups is 1. The van der Waals surface area contributed by atoms with Crippen molar-refractivity contribution in [2.75, 3.05) is 20.6 Å². The number of rotatable bonds is 4. The molecule has 1 aliphatic rings. The molecular formula is C15H23FN2O. The van der Waals surface area contributed by atoms with Gasteiger partial charge in [0.1, 0.15) is 11.6 Å². The van der Waals surface area contributed by atoms with E-state index in [4.69, 9.17) is 0 Å². The Morgan fingerprint density at radius 2 is 2.05 bits per heavy atom. The first-order chi connectivity index (χ1) is 9.06. The lowest BCUT2D eigenvalue weighted by molar-refractivity contribution is 0.373. The number of nitrogens with zero attached hydrogens (tertiary/aromatic N) is 1. The summed E-state index contributed by atoms with van der Waals surface area (Å²) in [6, 6.07) is 3.24. The van der Waals surface area contributed by atoms with Crippen LogP contribution >= 0.6 is 0 Å². The van der Waals surface area contributed by atoms with Crippen molar-refractivity contribution in [3.05, 3.63) is 29.1 Å². The van der Waals surface area contributed by atoms with Crippen LogP contribution in [-0.2, 0) is 13.0 Å². The molecule has 1 saturated heterocycles. The largest absolute Gasteiger partial charge is 0.507 e. The van der Waals surface area contributed by atoms with Gasteiger partial charge in [0.25, 0.3) is 0 Å².